The predicted octanol–water partition coefficient (Wildman–Crippen LogP) is 2.47. The number of rotatable bonds is 3. The molecule has 5 N–H and O–H groups in total. The Morgan fingerprint density at radius 3 is 2.73 bits per heavy atom. The van der Waals surface area contributed by atoms with Gasteiger partial charge < -0.3 is 16.4 Å². The number of nitrogens with zero attached hydrogens (tertiary/aromatic N) is 3. The summed E-state index contributed by atoms with van der Waals surface area (Å²) in [4.78, 5) is 9.49. The van der Waals surface area contributed by atoms with Crippen LogP contribution < -0.4 is 16.4 Å². The third-order valence-corrected chi connectivity index (χ3v) is 5.59. The molecule has 2 fully saturated rings. The van der Waals surface area contributed by atoms with Crippen LogP contribution in [0.2, 0.25) is 0 Å². The van der Waals surface area contributed by atoms with Crippen molar-refractivity contribution in [2.24, 2.45) is 5.73 Å². The van der Waals surface area contributed by atoms with Gasteiger partial charge in [0.1, 0.15) is 5.82 Å². The molecule has 0 radical (unpaired) electrons. The fraction of sp³-hybridized carbons (Fsp3) is 0.421. The van der Waals surface area contributed by atoms with E-state index in [9.17, 15) is 0 Å². The van der Waals surface area contributed by atoms with Crippen LogP contribution in [-0.2, 0) is 5.54 Å². The lowest BCUT2D eigenvalue weighted by Gasteiger charge is -2.38. The van der Waals surface area contributed by atoms with Gasteiger partial charge in [-0.05, 0) is 44.7 Å². The Labute approximate surface area is 151 Å². The van der Waals surface area contributed by atoms with Gasteiger partial charge in [0.15, 0.2) is 5.82 Å². The van der Waals surface area contributed by atoms with Gasteiger partial charge in [-0.3, -0.25) is 10.1 Å². The zero-order valence-electron chi connectivity index (χ0n) is 14.8. The van der Waals surface area contributed by atoms with Gasteiger partial charge in [0.05, 0.1) is 16.7 Å². The monoisotopic (exact) mass is 349 g/mol. The summed E-state index contributed by atoms with van der Waals surface area (Å²) in [5.74, 6) is 1.47. The van der Waals surface area contributed by atoms with Crippen LogP contribution in [0, 0.1) is 6.92 Å². The molecule has 7 nitrogen and oxygen atoms in total. The topological polar surface area (TPSA) is 105 Å². The van der Waals surface area contributed by atoms with Crippen molar-refractivity contribution >= 4 is 22.5 Å². The molecule has 0 aromatic carbocycles. The number of aryl methyl sites for hydroxylation is 1. The Balaban J connectivity index is 1.61. The van der Waals surface area contributed by atoms with Gasteiger partial charge in [-0.2, -0.15) is 5.10 Å². The van der Waals surface area contributed by atoms with Crippen molar-refractivity contribution in [3.05, 3.63) is 41.9 Å². The Bertz CT molecular complexity index is 951. The summed E-state index contributed by atoms with van der Waals surface area (Å²) in [5, 5.41) is 15.2. The van der Waals surface area contributed by atoms with E-state index < -0.39 is 5.54 Å². The number of H-pyrrole nitrogens is 1. The molecule has 0 saturated carbocycles. The summed E-state index contributed by atoms with van der Waals surface area (Å²) in [5.41, 5.74) is 9.36. The summed E-state index contributed by atoms with van der Waals surface area (Å²) in [6.45, 7) is 1.97. The van der Waals surface area contributed by atoms with Crippen molar-refractivity contribution in [3.63, 3.8) is 0 Å². The molecule has 5 heterocycles. The van der Waals surface area contributed by atoms with E-state index >= 15 is 0 Å². The van der Waals surface area contributed by atoms with E-state index in [0.29, 0.717) is 12.1 Å². The van der Waals surface area contributed by atoms with E-state index in [1.54, 1.807) is 0 Å². The summed E-state index contributed by atoms with van der Waals surface area (Å²) < 4.78 is 0. The number of aromatic nitrogens is 4. The molecule has 0 amide bonds. The second-order valence-corrected chi connectivity index (χ2v) is 7.69. The first-order chi connectivity index (χ1) is 12.6. The molecule has 3 aromatic rings. The second kappa shape index (κ2) is 5.75. The number of hydrogen-bond donors (Lipinski definition) is 4. The van der Waals surface area contributed by atoms with Crippen LogP contribution in [0.3, 0.4) is 0 Å². The number of piperidine rings is 1. The van der Waals surface area contributed by atoms with Gasteiger partial charge in [0.2, 0.25) is 0 Å². The first kappa shape index (κ1) is 15.7. The number of nitrogens with two attached hydrogens (primary N) is 1. The lowest BCUT2D eigenvalue weighted by molar-refractivity contribution is 0.251. The zero-order valence-corrected chi connectivity index (χ0v) is 14.8. The maximum Gasteiger partial charge on any atom is 0.153 e. The molecule has 0 unspecified atom stereocenters. The van der Waals surface area contributed by atoms with Crippen LogP contribution in [0.5, 0.6) is 0 Å². The summed E-state index contributed by atoms with van der Waals surface area (Å²) in [6.07, 6.45) is 6.02. The van der Waals surface area contributed by atoms with Crippen molar-refractivity contribution < 1.29 is 0 Å². The average Bonchev–Trinajstić information content (AvgIpc) is 3.19. The van der Waals surface area contributed by atoms with Crippen molar-refractivity contribution in [2.75, 3.05) is 5.32 Å². The molecule has 5 rings (SSSR count). The molecule has 2 aliphatic rings. The molecule has 26 heavy (non-hydrogen) atoms. The number of fused-ring (bicyclic) bond motifs is 3. The van der Waals surface area contributed by atoms with Crippen LogP contribution in [-0.4, -0.2) is 32.2 Å². The van der Waals surface area contributed by atoms with Crippen LogP contribution in [0.4, 0.5) is 11.6 Å². The largest absolute Gasteiger partial charge is 0.323 e. The number of hydrogen-bond acceptors (Lipinski definition) is 6. The average molecular weight is 349 g/mol. The van der Waals surface area contributed by atoms with Crippen molar-refractivity contribution in [3.8, 4) is 0 Å². The molecule has 2 saturated heterocycles. The number of anilines is 2. The fourth-order valence-electron chi connectivity index (χ4n) is 4.51. The highest BCUT2D eigenvalue weighted by Crippen LogP contribution is 2.40. The van der Waals surface area contributed by atoms with E-state index in [4.69, 9.17) is 10.7 Å². The molecule has 2 bridgehead atoms. The summed E-state index contributed by atoms with van der Waals surface area (Å²) >= 11 is 0. The highest BCUT2D eigenvalue weighted by Gasteiger charge is 2.44. The molecule has 0 aliphatic carbocycles. The Hall–Kier alpha value is -2.51. The van der Waals surface area contributed by atoms with E-state index in [0.717, 1.165) is 46.8 Å². The summed E-state index contributed by atoms with van der Waals surface area (Å²) in [7, 11) is 0. The standard InChI is InChI=1S/C19H23N7/c1-11-7-17(26-25-11)23-16-8-15-14(3-2-6-21-15)18(24-16)19(20)9-12-4-5-13(10-19)22-12/h2-3,6-8,12-13,22H,4-5,9-10,20H2,1H3,(H2,23,24,25,26)/t12-,13+,19-. The molecule has 3 atom stereocenters. The van der Waals surface area contributed by atoms with Crippen LogP contribution in [0.1, 0.15) is 37.1 Å². The number of nitrogens with one attached hydrogen (secondary N) is 3. The maximum atomic E-state index is 6.95. The maximum absolute atomic E-state index is 6.95. The Morgan fingerprint density at radius 1 is 1.19 bits per heavy atom. The van der Waals surface area contributed by atoms with Crippen LogP contribution in [0.15, 0.2) is 30.5 Å². The molecular weight excluding hydrogens is 326 g/mol. The van der Waals surface area contributed by atoms with Crippen LogP contribution >= 0.6 is 0 Å². The van der Waals surface area contributed by atoms with Crippen molar-refractivity contribution in [1.29, 1.82) is 0 Å². The minimum Gasteiger partial charge on any atom is -0.323 e. The van der Waals surface area contributed by atoms with E-state index in [1.165, 1.54) is 12.8 Å². The Morgan fingerprint density at radius 2 is 2.00 bits per heavy atom. The lowest BCUT2D eigenvalue weighted by Crippen LogP contribution is -2.52. The van der Waals surface area contributed by atoms with Gasteiger partial charge in [-0.25, -0.2) is 4.98 Å². The zero-order chi connectivity index (χ0) is 17.7. The number of aromatic amines is 1. The van der Waals surface area contributed by atoms with Gasteiger partial charge in [0.25, 0.3) is 0 Å². The summed E-state index contributed by atoms with van der Waals surface area (Å²) in [6, 6.07) is 8.91. The predicted molar refractivity (Wildman–Crippen MR) is 101 cm³/mol. The number of pyridine rings is 2. The quantitative estimate of drug-likeness (QED) is 0.579. The van der Waals surface area contributed by atoms with Gasteiger partial charge in [0, 0.05) is 41.5 Å². The van der Waals surface area contributed by atoms with Crippen LogP contribution in [0.25, 0.3) is 10.9 Å². The van der Waals surface area contributed by atoms with Gasteiger partial charge in [-0.1, -0.05) is 0 Å². The molecule has 134 valence electrons. The third-order valence-electron chi connectivity index (χ3n) is 5.59. The van der Waals surface area contributed by atoms with Gasteiger partial charge >= 0.3 is 0 Å². The minimum atomic E-state index is -0.433. The van der Waals surface area contributed by atoms with E-state index in [2.05, 4.69) is 31.9 Å². The Kier molecular flexibility index (Phi) is 3.48. The highest BCUT2D eigenvalue weighted by atomic mass is 15.2. The molecule has 2 aliphatic heterocycles. The highest BCUT2D eigenvalue weighted by molar-refractivity contribution is 5.84. The van der Waals surface area contributed by atoms with Crippen molar-refractivity contribution in [2.45, 2.75) is 50.2 Å². The van der Waals surface area contributed by atoms with E-state index in [-0.39, 0.29) is 0 Å². The van der Waals surface area contributed by atoms with E-state index in [1.807, 2.05) is 31.3 Å². The first-order valence-corrected chi connectivity index (χ1v) is 9.19. The fourth-order valence-corrected chi connectivity index (χ4v) is 4.51. The van der Waals surface area contributed by atoms with Gasteiger partial charge in [-0.15, -0.1) is 0 Å². The third kappa shape index (κ3) is 2.64. The molecule has 0 spiro atoms. The normalized spacial score (nSPS) is 27.8. The minimum absolute atomic E-state index is 0.433. The lowest BCUT2D eigenvalue weighted by atomic mass is 9.80. The first-order valence-electron chi connectivity index (χ1n) is 9.19. The molecule has 3 aromatic heterocycles. The van der Waals surface area contributed by atoms with Crippen molar-refractivity contribution in [1.82, 2.24) is 25.5 Å². The smallest absolute Gasteiger partial charge is 0.153 e. The SMILES string of the molecule is Cc1cc(Nc2cc3ncccc3c([C@@]3(N)C[C@H]4CC[C@@H](C3)N4)n2)n[nH]1. The second-order valence-electron chi connectivity index (χ2n) is 7.69. The molecule has 7 heteroatoms. The molecular formula is C19H23N7.